The van der Waals surface area contributed by atoms with Crippen molar-refractivity contribution < 1.29 is 24.0 Å². The largest absolute Gasteiger partial charge is 0.453 e. The predicted molar refractivity (Wildman–Crippen MR) is 128 cm³/mol. The van der Waals surface area contributed by atoms with Crippen molar-refractivity contribution in [2.24, 2.45) is 0 Å². The van der Waals surface area contributed by atoms with Gasteiger partial charge in [-0.1, -0.05) is 18.2 Å². The lowest BCUT2D eigenvalue weighted by Crippen LogP contribution is -2.17. The van der Waals surface area contributed by atoms with E-state index < -0.39 is 22.7 Å². The summed E-state index contributed by atoms with van der Waals surface area (Å²) in [6.45, 7) is 0. The third kappa shape index (κ3) is 5.36. The van der Waals surface area contributed by atoms with Crippen molar-refractivity contribution in [3.63, 3.8) is 0 Å². The van der Waals surface area contributed by atoms with Crippen LogP contribution in [0.5, 0.6) is 0 Å². The van der Waals surface area contributed by atoms with Gasteiger partial charge in [-0.05, 0) is 42.5 Å². The highest BCUT2D eigenvalue weighted by atomic mass is 16.6. The molecule has 0 aliphatic rings. The Kier molecular flexibility index (Phi) is 7.22. The lowest BCUT2D eigenvalue weighted by molar-refractivity contribution is -0.384. The molecule has 0 aliphatic heterocycles. The van der Waals surface area contributed by atoms with Crippen LogP contribution in [0.15, 0.2) is 66.7 Å². The van der Waals surface area contributed by atoms with E-state index in [0.717, 1.165) is 0 Å². The number of anilines is 3. The summed E-state index contributed by atoms with van der Waals surface area (Å²) in [7, 11) is 4.58. The summed E-state index contributed by atoms with van der Waals surface area (Å²) >= 11 is 0. The molecule has 0 unspecified atom stereocenters. The van der Waals surface area contributed by atoms with Crippen molar-refractivity contribution in [3.8, 4) is 0 Å². The smallest absolute Gasteiger partial charge is 0.411 e. The van der Waals surface area contributed by atoms with Gasteiger partial charge in [0, 0.05) is 42.7 Å². The molecule has 0 radical (unpaired) electrons. The van der Waals surface area contributed by atoms with Gasteiger partial charge in [0.2, 0.25) is 0 Å². The molecule has 0 saturated carbocycles. The van der Waals surface area contributed by atoms with Crippen molar-refractivity contribution in [2.45, 2.75) is 0 Å². The number of nitrogens with one attached hydrogen (secondary N) is 2. The van der Waals surface area contributed by atoms with Crippen LogP contribution < -0.4 is 15.5 Å². The number of nitro groups is 1. The van der Waals surface area contributed by atoms with Gasteiger partial charge in [-0.2, -0.15) is 0 Å². The Bertz CT molecular complexity index is 1250. The van der Waals surface area contributed by atoms with Crippen LogP contribution in [0.4, 0.5) is 27.5 Å². The van der Waals surface area contributed by atoms with Crippen LogP contribution in [0.1, 0.15) is 26.3 Å². The number of carbonyl (C=O) groups is 3. The Morgan fingerprint density at radius 3 is 2.03 bits per heavy atom. The second kappa shape index (κ2) is 10.3. The Hall–Kier alpha value is -4.73. The second-order valence-corrected chi connectivity index (χ2v) is 7.38. The first-order valence-corrected chi connectivity index (χ1v) is 10.1. The highest BCUT2D eigenvalue weighted by Gasteiger charge is 2.22. The summed E-state index contributed by atoms with van der Waals surface area (Å²) in [5.74, 6) is -1.05. The SMILES string of the molecule is COC(=O)Nc1ccc(NC(=O)c2ccccc2C(=O)c2ccc(N(C)C)c([N+](=O)[O-])c2)cc1. The minimum Gasteiger partial charge on any atom is -0.453 e. The Morgan fingerprint density at radius 2 is 1.47 bits per heavy atom. The van der Waals surface area contributed by atoms with Crippen LogP contribution >= 0.6 is 0 Å². The van der Waals surface area contributed by atoms with Gasteiger partial charge in [0.15, 0.2) is 5.78 Å². The number of amides is 2. The van der Waals surface area contributed by atoms with Gasteiger partial charge in [-0.25, -0.2) is 4.79 Å². The van der Waals surface area contributed by atoms with Gasteiger partial charge >= 0.3 is 6.09 Å². The van der Waals surface area contributed by atoms with Crippen molar-refractivity contribution >= 4 is 40.5 Å². The average Bonchev–Trinajstić information content (AvgIpc) is 2.84. The molecule has 2 amide bonds. The molecule has 3 aromatic rings. The van der Waals surface area contributed by atoms with E-state index in [4.69, 9.17) is 0 Å². The molecule has 0 saturated heterocycles. The van der Waals surface area contributed by atoms with Gasteiger partial charge in [0.25, 0.3) is 11.6 Å². The van der Waals surface area contributed by atoms with Gasteiger partial charge in [-0.3, -0.25) is 25.0 Å². The molecule has 3 aromatic carbocycles. The van der Waals surface area contributed by atoms with Crippen LogP contribution in [0.2, 0.25) is 0 Å². The maximum Gasteiger partial charge on any atom is 0.411 e. The minimum absolute atomic E-state index is 0.0933. The summed E-state index contributed by atoms with van der Waals surface area (Å²) in [5, 5.41) is 16.7. The number of hydrogen-bond donors (Lipinski definition) is 2. The monoisotopic (exact) mass is 462 g/mol. The van der Waals surface area contributed by atoms with Crippen molar-refractivity contribution in [1.82, 2.24) is 0 Å². The lowest BCUT2D eigenvalue weighted by atomic mass is 9.97. The number of nitrogens with zero attached hydrogens (tertiary/aromatic N) is 2. The molecule has 10 nitrogen and oxygen atoms in total. The molecule has 0 atom stereocenters. The van der Waals surface area contributed by atoms with Crippen molar-refractivity contribution in [2.75, 3.05) is 36.7 Å². The summed E-state index contributed by atoms with van der Waals surface area (Å²) in [4.78, 5) is 49.9. The van der Waals surface area contributed by atoms with Crippen LogP contribution in [0.3, 0.4) is 0 Å². The number of nitro benzene ring substituents is 1. The van der Waals surface area contributed by atoms with Gasteiger partial charge in [-0.15, -0.1) is 0 Å². The van der Waals surface area contributed by atoms with E-state index in [2.05, 4.69) is 15.4 Å². The first-order chi connectivity index (χ1) is 16.2. The second-order valence-electron chi connectivity index (χ2n) is 7.38. The Labute approximate surface area is 195 Å². The molecule has 0 aliphatic carbocycles. The molecular weight excluding hydrogens is 440 g/mol. The van der Waals surface area contributed by atoms with E-state index in [0.29, 0.717) is 17.1 Å². The number of carbonyl (C=O) groups excluding carboxylic acids is 3. The molecule has 0 aromatic heterocycles. The highest BCUT2D eigenvalue weighted by Crippen LogP contribution is 2.29. The van der Waals surface area contributed by atoms with Gasteiger partial charge < -0.3 is 15.0 Å². The van der Waals surface area contributed by atoms with Crippen LogP contribution in [0, 0.1) is 10.1 Å². The van der Waals surface area contributed by atoms with E-state index in [9.17, 15) is 24.5 Å². The maximum absolute atomic E-state index is 13.2. The molecule has 0 heterocycles. The molecule has 0 bridgehead atoms. The lowest BCUT2D eigenvalue weighted by Gasteiger charge is -2.14. The molecule has 34 heavy (non-hydrogen) atoms. The fraction of sp³-hybridized carbons (Fsp3) is 0.125. The highest BCUT2D eigenvalue weighted by molar-refractivity contribution is 6.18. The minimum atomic E-state index is -0.622. The first-order valence-electron chi connectivity index (χ1n) is 10.1. The van der Waals surface area contributed by atoms with Gasteiger partial charge in [0.05, 0.1) is 17.6 Å². The summed E-state index contributed by atoms with van der Waals surface area (Å²) in [6.07, 6.45) is -0.622. The van der Waals surface area contributed by atoms with Crippen LogP contribution in [-0.4, -0.2) is 43.9 Å². The quantitative estimate of drug-likeness (QED) is 0.304. The fourth-order valence-corrected chi connectivity index (χ4v) is 3.23. The zero-order valence-electron chi connectivity index (χ0n) is 18.7. The zero-order chi connectivity index (χ0) is 24.8. The summed E-state index contributed by atoms with van der Waals surface area (Å²) in [5.41, 5.74) is 1.38. The molecule has 2 N–H and O–H groups in total. The van der Waals surface area contributed by atoms with E-state index in [1.807, 2.05) is 0 Å². The average molecular weight is 462 g/mol. The predicted octanol–water partition coefficient (Wildman–Crippen LogP) is 4.32. The number of benzene rings is 3. The fourth-order valence-electron chi connectivity index (χ4n) is 3.23. The summed E-state index contributed by atoms with van der Waals surface area (Å²) < 4.78 is 4.53. The molecule has 0 fully saturated rings. The maximum atomic E-state index is 13.2. The topological polar surface area (TPSA) is 131 Å². The zero-order valence-corrected chi connectivity index (χ0v) is 18.7. The van der Waals surface area contributed by atoms with E-state index in [-0.39, 0.29) is 22.4 Å². The number of hydrogen-bond acceptors (Lipinski definition) is 7. The third-order valence-electron chi connectivity index (χ3n) is 4.91. The van der Waals surface area contributed by atoms with E-state index in [1.54, 1.807) is 55.4 Å². The molecule has 3 rings (SSSR count). The van der Waals surface area contributed by atoms with Crippen molar-refractivity contribution in [1.29, 1.82) is 0 Å². The third-order valence-corrected chi connectivity index (χ3v) is 4.91. The van der Waals surface area contributed by atoms with E-state index in [1.165, 1.54) is 37.4 Å². The molecule has 0 spiro atoms. The molecular formula is C24H22N4O6. The van der Waals surface area contributed by atoms with Crippen molar-refractivity contribution in [3.05, 3.63) is 93.5 Å². The Balaban J connectivity index is 1.86. The van der Waals surface area contributed by atoms with Crippen LogP contribution in [-0.2, 0) is 4.74 Å². The number of ether oxygens (including phenoxy) is 1. The van der Waals surface area contributed by atoms with E-state index >= 15 is 0 Å². The number of ketones is 1. The number of rotatable bonds is 7. The molecule has 174 valence electrons. The number of methoxy groups -OCH3 is 1. The Morgan fingerprint density at radius 1 is 0.882 bits per heavy atom. The molecule has 10 heteroatoms. The summed E-state index contributed by atoms with van der Waals surface area (Å²) in [6, 6.07) is 16.7. The normalized spacial score (nSPS) is 10.2. The van der Waals surface area contributed by atoms with Gasteiger partial charge in [0.1, 0.15) is 5.69 Å². The standard InChI is InChI=1S/C24H22N4O6/c1-27(2)20-13-8-15(14-21(20)28(32)33)22(29)18-6-4-5-7-19(18)23(30)25-16-9-11-17(12-10-16)26-24(31)34-3/h4-14H,1-3H3,(H,25,30)(H,26,31). The first kappa shape index (κ1) is 23.9. The van der Waals surface area contributed by atoms with Crippen LogP contribution in [0.25, 0.3) is 0 Å².